The molecular formula is C32H31BrN4O5S2. The second kappa shape index (κ2) is 12.2. The molecule has 0 unspecified atom stereocenters. The predicted octanol–water partition coefficient (Wildman–Crippen LogP) is 5.54. The van der Waals surface area contributed by atoms with Crippen LogP contribution in [0.25, 0.3) is 11.1 Å². The number of fused-ring (bicyclic) bond motifs is 1. The Morgan fingerprint density at radius 3 is 2.43 bits per heavy atom. The number of thiazole rings is 1. The minimum atomic E-state index is -0.829. The number of aromatic nitrogens is 2. The van der Waals surface area contributed by atoms with Gasteiger partial charge in [0.25, 0.3) is 5.56 Å². The summed E-state index contributed by atoms with van der Waals surface area (Å²) in [6.07, 6.45) is 1.85. The van der Waals surface area contributed by atoms with E-state index in [0.717, 1.165) is 32.4 Å². The summed E-state index contributed by atoms with van der Waals surface area (Å²) in [7, 11) is 3.07. The SMILES string of the molecule is CCOC(=O)C1=C(C)N=c2s/c(=C/c3cc(C)n(-c4sc(C)c(C)c4C#N)c3C)c(=O)n2[C@H]1c1cc(OC)c(OC)cc1Br. The van der Waals surface area contributed by atoms with E-state index in [2.05, 4.69) is 26.6 Å². The van der Waals surface area contributed by atoms with Gasteiger partial charge in [-0.1, -0.05) is 27.3 Å². The summed E-state index contributed by atoms with van der Waals surface area (Å²) in [5.74, 6) is 0.405. The first-order valence-electron chi connectivity index (χ1n) is 13.8. The van der Waals surface area contributed by atoms with Gasteiger partial charge in [-0.05, 0) is 82.5 Å². The zero-order chi connectivity index (χ0) is 32.0. The van der Waals surface area contributed by atoms with Crippen LogP contribution in [0, 0.1) is 39.0 Å². The number of nitrogens with zero attached hydrogens (tertiary/aromatic N) is 4. The molecule has 3 aromatic heterocycles. The number of hydrogen-bond acceptors (Lipinski definition) is 9. The van der Waals surface area contributed by atoms with Crippen molar-refractivity contribution >= 4 is 50.6 Å². The minimum Gasteiger partial charge on any atom is -0.493 e. The number of aryl methyl sites for hydroxylation is 2. The lowest BCUT2D eigenvalue weighted by atomic mass is 9.95. The molecule has 1 aliphatic heterocycles. The molecule has 12 heteroatoms. The monoisotopic (exact) mass is 694 g/mol. The Hall–Kier alpha value is -3.92. The van der Waals surface area contributed by atoms with E-state index < -0.39 is 12.0 Å². The highest BCUT2D eigenvalue weighted by atomic mass is 79.9. The van der Waals surface area contributed by atoms with Crippen LogP contribution in [0.5, 0.6) is 11.5 Å². The Balaban J connectivity index is 1.75. The molecule has 9 nitrogen and oxygen atoms in total. The third-order valence-electron chi connectivity index (χ3n) is 7.75. The number of thiophene rings is 1. The quantitative estimate of drug-likeness (QED) is 0.235. The first-order valence-corrected chi connectivity index (χ1v) is 16.2. The number of esters is 1. The summed E-state index contributed by atoms with van der Waals surface area (Å²) in [6.45, 7) is 11.6. The molecule has 0 amide bonds. The number of allylic oxidation sites excluding steroid dienone is 1. The summed E-state index contributed by atoms with van der Waals surface area (Å²) < 4.78 is 21.2. The highest BCUT2D eigenvalue weighted by Gasteiger charge is 2.35. The summed E-state index contributed by atoms with van der Waals surface area (Å²) in [5.41, 5.74) is 5.41. The van der Waals surface area contributed by atoms with Crippen molar-refractivity contribution in [1.82, 2.24) is 9.13 Å². The van der Waals surface area contributed by atoms with Crippen molar-refractivity contribution in [2.75, 3.05) is 20.8 Å². The van der Waals surface area contributed by atoms with Crippen LogP contribution >= 0.6 is 38.6 Å². The molecule has 1 aromatic carbocycles. The van der Waals surface area contributed by atoms with Crippen LogP contribution < -0.4 is 24.4 Å². The predicted molar refractivity (Wildman–Crippen MR) is 175 cm³/mol. The summed E-state index contributed by atoms with van der Waals surface area (Å²) in [5, 5.41) is 10.7. The average Bonchev–Trinajstić information content (AvgIpc) is 3.55. The molecule has 1 atom stereocenters. The Morgan fingerprint density at radius 2 is 1.80 bits per heavy atom. The number of carbonyl (C=O) groups excluding carboxylic acids is 1. The number of rotatable bonds is 7. The molecule has 5 rings (SSSR count). The standard InChI is InChI=1S/C32H31BrN4O5S2/c1-9-42-31(39)27-17(4)35-32-37(28(27)21-12-24(40-7)25(41-8)13-23(21)33)29(38)26(44-32)11-20-10-15(2)36(18(20)5)30-22(14-34)16(3)19(6)43-30/h10-13,28H,9H2,1-8H3/b26-11+/t28-/m0/s1. The number of ether oxygens (including phenoxy) is 3. The van der Waals surface area contributed by atoms with E-state index >= 15 is 0 Å². The number of methoxy groups -OCH3 is 2. The van der Waals surface area contributed by atoms with Gasteiger partial charge in [0, 0.05) is 20.7 Å². The third-order valence-corrected chi connectivity index (χ3v) is 10.6. The zero-order valence-corrected chi connectivity index (χ0v) is 28.8. The van der Waals surface area contributed by atoms with Gasteiger partial charge in [0.05, 0.1) is 48.2 Å². The highest BCUT2D eigenvalue weighted by molar-refractivity contribution is 9.10. The molecule has 0 bridgehead atoms. The van der Waals surface area contributed by atoms with Crippen molar-refractivity contribution in [2.24, 2.45) is 4.99 Å². The highest BCUT2D eigenvalue weighted by Crippen LogP contribution is 2.41. The summed E-state index contributed by atoms with van der Waals surface area (Å²) >= 11 is 6.47. The third kappa shape index (κ3) is 5.12. The molecule has 0 radical (unpaired) electrons. The number of benzene rings is 1. The van der Waals surface area contributed by atoms with Crippen molar-refractivity contribution in [1.29, 1.82) is 5.26 Å². The van der Waals surface area contributed by atoms with Crippen molar-refractivity contribution in [3.05, 3.63) is 92.1 Å². The molecular weight excluding hydrogens is 664 g/mol. The lowest BCUT2D eigenvalue weighted by molar-refractivity contribution is -0.139. The minimum absolute atomic E-state index is 0.173. The van der Waals surface area contributed by atoms with Crippen molar-refractivity contribution in [3.8, 4) is 22.6 Å². The van der Waals surface area contributed by atoms with E-state index in [1.807, 2.05) is 39.8 Å². The van der Waals surface area contributed by atoms with E-state index in [9.17, 15) is 14.9 Å². The van der Waals surface area contributed by atoms with Crippen molar-refractivity contribution in [2.45, 2.75) is 47.6 Å². The van der Waals surface area contributed by atoms with Gasteiger partial charge in [0.15, 0.2) is 16.3 Å². The smallest absolute Gasteiger partial charge is 0.338 e. The van der Waals surface area contributed by atoms with Crippen LogP contribution in [-0.2, 0) is 9.53 Å². The Morgan fingerprint density at radius 1 is 1.11 bits per heavy atom. The van der Waals surface area contributed by atoms with Crippen LogP contribution in [0.2, 0.25) is 0 Å². The molecule has 0 N–H and O–H groups in total. The number of hydrogen-bond donors (Lipinski definition) is 0. The normalized spacial score (nSPS) is 14.7. The fraction of sp³-hybridized carbons (Fsp3) is 0.312. The van der Waals surface area contributed by atoms with Crippen LogP contribution in [-0.4, -0.2) is 35.9 Å². The van der Waals surface area contributed by atoms with Gasteiger partial charge < -0.3 is 18.8 Å². The molecule has 0 spiro atoms. The second-order valence-corrected chi connectivity index (χ2v) is 13.3. The van der Waals surface area contributed by atoms with Gasteiger partial charge >= 0.3 is 5.97 Å². The number of halogens is 1. The van der Waals surface area contributed by atoms with Gasteiger partial charge in [0.2, 0.25) is 0 Å². The van der Waals surface area contributed by atoms with E-state index in [1.165, 1.54) is 18.4 Å². The van der Waals surface area contributed by atoms with Gasteiger partial charge in [-0.3, -0.25) is 9.36 Å². The summed E-state index contributed by atoms with van der Waals surface area (Å²) in [6, 6.07) is 7.05. The number of nitriles is 1. The maximum absolute atomic E-state index is 14.2. The van der Waals surface area contributed by atoms with Gasteiger partial charge in [0.1, 0.15) is 11.1 Å². The summed E-state index contributed by atoms with van der Waals surface area (Å²) in [4.78, 5) is 33.8. The largest absolute Gasteiger partial charge is 0.493 e. The van der Waals surface area contributed by atoms with E-state index in [-0.39, 0.29) is 17.7 Å². The van der Waals surface area contributed by atoms with Gasteiger partial charge in [-0.2, -0.15) is 5.26 Å². The van der Waals surface area contributed by atoms with Crippen molar-refractivity contribution < 1.29 is 19.0 Å². The fourth-order valence-corrected chi connectivity index (χ4v) is 8.25. The molecule has 0 saturated carbocycles. The molecule has 0 saturated heterocycles. The molecule has 0 fully saturated rings. The lowest BCUT2D eigenvalue weighted by Crippen LogP contribution is -2.40. The fourth-order valence-electron chi connectivity index (χ4n) is 5.45. The molecule has 44 heavy (non-hydrogen) atoms. The average molecular weight is 696 g/mol. The first-order chi connectivity index (χ1) is 21.0. The van der Waals surface area contributed by atoms with Gasteiger partial charge in [-0.25, -0.2) is 9.79 Å². The molecule has 0 aliphatic carbocycles. The van der Waals surface area contributed by atoms with E-state index in [1.54, 1.807) is 49.0 Å². The molecule has 4 heterocycles. The second-order valence-electron chi connectivity index (χ2n) is 10.3. The van der Waals surface area contributed by atoms with Crippen molar-refractivity contribution in [3.63, 3.8) is 0 Å². The number of carbonyl (C=O) groups is 1. The first kappa shape index (κ1) is 31.5. The van der Waals surface area contributed by atoms with E-state index in [0.29, 0.717) is 42.1 Å². The van der Waals surface area contributed by atoms with Gasteiger partial charge in [-0.15, -0.1) is 11.3 Å². The zero-order valence-electron chi connectivity index (χ0n) is 25.6. The maximum Gasteiger partial charge on any atom is 0.338 e. The van der Waals surface area contributed by atoms with Crippen LogP contribution in [0.1, 0.15) is 58.4 Å². The molecule has 4 aromatic rings. The Labute approximate surface area is 271 Å². The van der Waals surface area contributed by atoms with Crippen LogP contribution in [0.15, 0.2) is 43.7 Å². The Bertz CT molecular complexity index is 2090. The topological polar surface area (TPSA) is 108 Å². The Kier molecular flexibility index (Phi) is 8.75. The van der Waals surface area contributed by atoms with Crippen LogP contribution in [0.3, 0.4) is 0 Å². The van der Waals surface area contributed by atoms with Crippen LogP contribution in [0.4, 0.5) is 0 Å². The maximum atomic E-state index is 14.2. The molecule has 1 aliphatic rings. The van der Waals surface area contributed by atoms with E-state index in [4.69, 9.17) is 19.2 Å². The lowest BCUT2D eigenvalue weighted by Gasteiger charge is -2.26. The molecule has 228 valence electrons.